The van der Waals surface area contributed by atoms with Crippen molar-refractivity contribution in [3.63, 3.8) is 0 Å². The highest BCUT2D eigenvalue weighted by atomic mass is 32.1. The van der Waals surface area contributed by atoms with Gasteiger partial charge in [-0.15, -0.1) is 11.3 Å². The molecule has 0 bridgehead atoms. The summed E-state index contributed by atoms with van der Waals surface area (Å²) in [5.41, 5.74) is 0. The van der Waals surface area contributed by atoms with Gasteiger partial charge in [-0.2, -0.15) is 0 Å². The Kier molecular flexibility index (Phi) is 2.44. The number of hydrogen-bond donors (Lipinski definition) is 0. The van der Waals surface area contributed by atoms with Crippen LogP contribution in [0.3, 0.4) is 0 Å². The number of thiophene rings is 1. The van der Waals surface area contributed by atoms with E-state index in [4.69, 9.17) is 9.47 Å². The molecule has 1 aromatic rings. The molecule has 0 radical (unpaired) electrons. The van der Waals surface area contributed by atoms with Crippen molar-refractivity contribution in [2.75, 3.05) is 0 Å². The number of rotatable bonds is 2. The minimum atomic E-state index is 0.229. The molecule has 1 aliphatic rings. The Morgan fingerprint density at radius 2 is 1.54 bits per heavy atom. The molecule has 2 rings (SSSR count). The lowest BCUT2D eigenvalue weighted by molar-refractivity contribution is 0.0180. The van der Waals surface area contributed by atoms with Gasteiger partial charge in [-0.3, -0.25) is 0 Å². The summed E-state index contributed by atoms with van der Waals surface area (Å²) in [7, 11) is 0. The van der Waals surface area contributed by atoms with Crippen molar-refractivity contribution in [2.24, 2.45) is 0 Å². The molecule has 3 heteroatoms. The van der Waals surface area contributed by atoms with Gasteiger partial charge >= 0.3 is 0 Å². The zero-order valence-electron chi connectivity index (χ0n) is 7.95. The summed E-state index contributed by atoms with van der Waals surface area (Å²) < 4.78 is 11.6. The average molecular weight is 198 g/mol. The molecule has 0 amide bonds. The highest BCUT2D eigenvalue weighted by Gasteiger charge is 2.29. The maximum absolute atomic E-state index is 5.81. The van der Waals surface area contributed by atoms with Gasteiger partial charge in [-0.05, 0) is 12.8 Å². The molecule has 0 aliphatic carbocycles. The van der Waals surface area contributed by atoms with E-state index in [0.717, 1.165) is 24.3 Å². The van der Waals surface area contributed by atoms with E-state index in [1.54, 1.807) is 11.3 Å². The van der Waals surface area contributed by atoms with Gasteiger partial charge in [0, 0.05) is 10.8 Å². The summed E-state index contributed by atoms with van der Waals surface area (Å²) >= 11 is 1.63. The molecule has 0 spiro atoms. The summed E-state index contributed by atoms with van der Waals surface area (Å²) in [6, 6.07) is 0. The Hall–Kier alpha value is -0.700. The molecular weight excluding hydrogens is 184 g/mol. The third-order valence-electron chi connectivity index (χ3n) is 2.37. The van der Waals surface area contributed by atoms with Gasteiger partial charge in [0.15, 0.2) is 11.5 Å². The smallest absolute Gasteiger partial charge is 0.172 e. The zero-order chi connectivity index (χ0) is 9.26. The van der Waals surface area contributed by atoms with E-state index in [1.165, 1.54) is 0 Å². The van der Waals surface area contributed by atoms with E-state index in [2.05, 4.69) is 13.8 Å². The fourth-order valence-corrected chi connectivity index (χ4v) is 2.27. The van der Waals surface area contributed by atoms with Gasteiger partial charge in [0.05, 0.1) is 0 Å². The molecule has 1 aromatic heterocycles. The van der Waals surface area contributed by atoms with Crippen LogP contribution in [0.4, 0.5) is 0 Å². The van der Waals surface area contributed by atoms with E-state index < -0.39 is 0 Å². The van der Waals surface area contributed by atoms with Crippen molar-refractivity contribution in [1.29, 1.82) is 0 Å². The molecule has 2 atom stereocenters. The molecule has 1 aliphatic heterocycles. The summed E-state index contributed by atoms with van der Waals surface area (Å²) in [6.45, 7) is 4.27. The SMILES string of the molecule is CCC1Oc2cscc2OC1CC. The van der Waals surface area contributed by atoms with Gasteiger partial charge < -0.3 is 9.47 Å². The van der Waals surface area contributed by atoms with E-state index in [0.29, 0.717) is 0 Å². The van der Waals surface area contributed by atoms with E-state index in [1.807, 2.05) is 10.8 Å². The van der Waals surface area contributed by atoms with Gasteiger partial charge in [-0.1, -0.05) is 13.8 Å². The van der Waals surface area contributed by atoms with Crippen molar-refractivity contribution >= 4 is 11.3 Å². The molecule has 72 valence electrons. The van der Waals surface area contributed by atoms with Gasteiger partial charge in [0.25, 0.3) is 0 Å². The molecule has 2 nitrogen and oxygen atoms in total. The third-order valence-corrected chi connectivity index (χ3v) is 3.07. The van der Waals surface area contributed by atoms with Crippen LogP contribution in [-0.2, 0) is 0 Å². The van der Waals surface area contributed by atoms with Crippen LogP contribution < -0.4 is 9.47 Å². The lowest BCUT2D eigenvalue weighted by atomic mass is 10.1. The summed E-state index contributed by atoms with van der Waals surface area (Å²) in [5, 5.41) is 4.01. The van der Waals surface area contributed by atoms with Crippen LogP contribution in [-0.4, -0.2) is 12.2 Å². The van der Waals surface area contributed by atoms with Gasteiger partial charge in [-0.25, -0.2) is 0 Å². The quantitative estimate of drug-likeness (QED) is 0.727. The standard InChI is InChI=1S/C10H14O2S/c1-3-7-8(4-2)12-10-6-13-5-9(10)11-7/h5-8H,3-4H2,1-2H3. The van der Waals surface area contributed by atoms with Crippen LogP contribution in [0.1, 0.15) is 26.7 Å². The average Bonchev–Trinajstić information content (AvgIpc) is 2.62. The number of ether oxygens (including phenoxy) is 2. The first-order valence-electron chi connectivity index (χ1n) is 4.74. The number of hydrogen-bond acceptors (Lipinski definition) is 3. The Morgan fingerprint density at radius 3 is 1.92 bits per heavy atom. The van der Waals surface area contributed by atoms with Crippen molar-refractivity contribution in [1.82, 2.24) is 0 Å². The van der Waals surface area contributed by atoms with Crippen LogP contribution >= 0.6 is 11.3 Å². The maximum Gasteiger partial charge on any atom is 0.172 e. The van der Waals surface area contributed by atoms with Crippen LogP contribution in [0.5, 0.6) is 11.5 Å². The minimum absolute atomic E-state index is 0.229. The fourth-order valence-electron chi connectivity index (χ4n) is 1.62. The summed E-state index contributed by atoms with van der Waals surface area (Å²) in [4.78, 5) is 0. The highest BCUT2D eigenvalue weighted by Crippen LogP contribution is 2.38. The highest BCUT2D eigenvalue weighted by molar-refractivity contribution is 7.08. The molecule has 2 unspecified atom stereocenters. The van der Waals surface area contributed by atoms with Crippen molar-refractivity contribution in [3.05, 3.63) is 10.8 Å². The topological polar surface area (TPSA) is 18.5 Å². The normalized spacial score (nSPS) is 26.0. The Bertz CT molecular complexity index is 256. The minimum Gasteiger partial charge on any atom is -0.482 e. The predicted molar refractivity (Wildman–Crippen MR) is 53.7 cm³/mol. The Balaban J connectivity index is 2.20. The summed E-state index contributed by atoms with van der Waals surface area (Å²) in [5.74, 6) is 1.84. The van der Waals surface area contributed by atoms with Gasteiger partial charge in [0.1, 0.15) is 12.2 Å². The predicted octanol–water partition coefficient (Wildman–Crippen LogP) is 3.08. The van der Waals surface area contributed by atoms with Crippen LogP contribution in [0.15, 0.2) is 10.8 Å². The lowest BCUT2D eigenvalue weighted by Crippen LogP contribution is -2.38. The lowest BCUT2D eigenvalue weighted by Gasteiger charge is -2.31. The first-order valence-corrected chi connectivity index (χ1v) is 5.69. The zero-order valence-corrected chi connectivity index (χ0v) is 8.76. The molecule has 0 aromatic carbocycles. The van der Waals surface area contributed by atoms with Crippen molar-refractivity contribution in [3.8, 4) is 11.5 Å². The Morgan fingerprint density at radius 1 is 1.08 bits per heavy atom. The second-order valence-electron chi connectivity index (χ2n) is 3.23. The van der Waals surface area contributed by atoms with Gasteiger partial charge in [0.2, 0.25) is 0 Å². The first kappa shape index (κ1) is 8.88. The molecule has 0 fully saturated rings. The van der Waals surface area contributed by atoms with E-state index in [9.17, 15) is 0 Å². The van der Waals surface area contributed by atoms with Crippen molar-refractivity contribution < 1.29 is 9.47 Å². The first-order chi connectivity index (χ1) is 6.35. The summed E-state index contributed by atoms with van der Waals surface area (Å²) in [6.07, 6.45) is 2.47. The Labute approximate surface area is 82.5 Å². The number of fused-ring (bicyclic) bond motifs is 1. The van der Waals surface area contributed by atoms with Crippen LogP contribution in [0.25, 0.3) is 0 Å². The largest absolute Gasteiger partial charge is 0.482 e. The second-order valence-corrected chi connectivity index (χ2v) is 3.97. The second kappa shape index (κ2) is 3.58. The van der Waals surface area contributed by atoms with E-state index in [-0.39, 0.29) is 12.2 Å². The third kappa shape index (κ3) is 1.53. The molecule has 2 heterocycles. The van der Waals surface area contributed by atoms with Crippen LogP contribution in [0.2, 0.25) is 0 Å². The fraction of sp³-hybridized carbons (Fsp3) is 0.600. The molecular formula is C10H14O2S. The molecule has 0 N–H and O–H groups in total. The maximum atomic E-state index is 5.81. The van der Waals surface area contributed by atoms with Crippen LogP contribution in [0, 0.1) is 0 Å². The molecule has 0 saturated heterocycles. The molecule has 13 heavy (non-hydrogen) atoms. The monoisotopic (exact) mass is 198 g/mol. The van der Waals surface area contributed by atoms with E-state index >= 15 is 0 Å². The van der Waals surface area contributed by atoms with Crippen molar-refractivity contribution in [2.45, 2.75) is 38.9 Å². The molecule has 0 saturated carbocycles.